The Bertz CT molecular complexity index is 2610. The van der Waals surface area contributed by atoms with E-state index in [-0.39, 0.29) is 25.7 Å². The number of carbonyl (C=O) groups excluding carboxylic acids is 4. The van der Waals surface area contributed by atoms with Crippen LogP contribution in [0, 0.1) is 0 Å². The first kappa shape index (κ1) is 103. The molecule has 0 aromatic carbocycles. The fourth-order valence-corrected chi connectivity index (χ4v) is 12.6. The van der Waals surface area contributed by atoms with Crippen LogP contribution in [-0.2, 0) is 65.4 Å². The summed E-state index contributed by atoms with van der Waals surface area (Å²) >= 11 is 0. The van der Waals surface area contributed by atoms with Gasteiger partial charge in [0.05, 0.1) is 26.4 Å². The molecule has 0 spiro atoms. The van der Waals surface area contributed by atoms with Gasteiger partial charge in [0, 0.05) is 25.7 Å². The molecule has 0 aliphatic heterocycles. The maximum Gasteiger partial charge on any atom is 0.472 e. The minimum atomic E-state index is -5.00. The molecule has 0 rings (SSSR count). The summed E-state index contributed by atoms with van der Waals surface area (Å²) in [5.41, 5.74) is 0. The first-order valence-corrected chi connectivity index (χ1v) is 45.1. The van der Waals surface area contributed by atoms with Crippen LogP contribution >= 0.6 is 15.6 Å². The third kappa shape index (κ3) is 79.0. The second-order valence-electron chi connectivity index (χ2n) is 27.6. The van der Waals surface area contributed by atoms with Crippen LogP contribution < -0.4 is 0 Å². The van der Waals surface area contributed by atoms with Crippen LogP contribution in [0.2, 0.25) is 0 Å². The van der Waals surface area contributed by atoms with E-state index < -0.39 is 97.5 Å². The minimum Gasteiger partial charge on any atom is -0.462 e. The summed E-state index contributed by atoms with van der Waals surface area (Å²) in [6.45, 7) is 4.51. The molecule has 3 N–H and O–H groups in total. The molecule has 0 heterocycles. The molecule has 0 aromatic rings. The van der Waals surface area contributed by atoms with E-state index in [0.717, 1.165) is 205 Å². The fourth-order valence-electron chi connectivity index (χ4n) is 11.0. The smallest absolute Gasteiger partial charge is 0.462 e. The van der Waals surface area contributed by atoms with Crippen molar-refractivity contribution in [2.75, 3.05) is 39.6 Å². The van der Waals surface area contributed by atoms with E-state index in [0.29, 0.717) is 25.7 Å². The van der Waals surface area contributed by atoms with E-state index in [1.54, 1.807) is 0 Å². The Morgan fingerprint density at radius 3 is 0.741 bits per heavy atom. The van der Waals surface area contributed by atoms with Gasteiger partial charge >= 0.3 is 39.5 Å². The predicted molar refractivity (Wildman–Crippen MR) is 445 cm³/mol. The second kappa shape index (κ2) is 80.0. The number of unbranched alkanes of at least 4 members (excludes halogenated alkanes) is 28. The lowest BCUT2D eigenvalue weighted by Crippen LogP contribution is -2.30. The van der Waals surface area contributed by atoms with Gasteiger partial charge in [0.2, 0.25) is 0 Å². The number of aliphatic hydroxyl groups excluding tert-OH is 1. The van der Waals surface area contributed by atoms with Gasteiger partial charge in [-0.3, -0.25) is 37.3 Å². The summed E-state index contributed by atoms with van der Waals surface area (Å²) in [5.74, 6) is -2.22. The highest BCUT2D eigenvalue weighted by atomic mass is 31.2. The maximum absolute atomic E-state index is 13.1. The number of rotatable bonds is 78. The minimum absolute atomic E-state index is 0.0599. The SMILES string of the molecule is CC/C=C\C/C=C\C/C=C\C/C=C\CCCCCCCCC(=O)OCC(COP(=O)(O)OCC(O)COP(=O)(O)OCC(COC(=O)CCCCCCCC/C=C\C/C=C\C/C=C\C/C=C\CC)OC(=O)CCCCCCCCCCCCCCC)OC(=O)CCCCCC/C=C\C/C=C\C/C=C\C/C=C\CC. The van der Waals surface area contributed by atoms with Gasteiger partial charge < -0.3 is 33.8 Å². The summed E-state index contributed by atoms with van der Waals surface area (Å²) < 4.78 is 68.8. The average Bonchev–Trinajstić information content (AvgIpc) is 0.886. The van der Waals surface area contributed by atoms with E-state index in [1.807, 2.05) is 0 Å². The highest BCUT2D eigenvalue weighted by Gasteiger charge is 2.30. The summed E-state index contributed by atoms with van der Waals surface area (Å²) in [5, 5.41) is 10.7. The third-order valence-corrected chi connectivity index (χ3v) is 19.2. The van der Waals surface area contributed by atoms with Gasteiger partial charge in [-0.1, -0.05) is 315 Å². The number of carbonyl (C=O) groups is 4. The van der Waals surface area contributed by atoms with E-state index in [4.69, 9.17) is 37.0 Å². The number of esters is 4. The lowest BCUT2D eigenvalue weighted by molar-refractivity contribution is -0.161. The van der Waals surface area contributed by atoms with Gasteiger partial charge in [-0.15, -0.1) is 0 Å². The van der Waals surface area contributed by atoms with Crippen molar-refractivity contribution in [3.63, 3.8) is 0 Å². The Balaban J connectivity index is 5.40. The average molecular weight is 1550 g/mol. The molecule has 17 nitrogen and oxygen atoms in total. The monoisotopic (exact) mass is 1550 g/mol. The zero-order chi connectivity index (χ0) is 78.9. The predicted octanol–water partition coefficient (Wildman–Crippen LogP) is 25.0. The van der Waals surface area contributed by atoms with E-state index in [9.17, 15) is 43.2 Å². The number of phosphoric ester groups is 2. The lowest BCUT2D eigenvalue weighted by Gasteiger charge is -2.21. The van der Waals surface area contributed by atoms with Gasteiger partial charge in [0.15, 0.2) is 12.2 Å². The Morgan fingerprint density at radius 1 is 0.269 bits per heavy atom. The number of allylic oxidation sites excluding steroid dienone is 24. The first-order valence-electron chi connectivity index (χ1n) is 42.1. The maximum atomic E-state index is 13.1. The summed E-state index contributed by atoms with van der Waals surface area (Å²) in [6, 6.07) is 0. The number of aliphatic hydroxyl groups is 1. The van der Waals surface area contributed by atoms with Gasteiger partial charge in [-0.2, -0.15) is 0 Å². The molecule has 0 amide bonds. The van der Waals surface area contributed by atoms with Crippen LogP contribution in [0.3, 0.4) is 0 Å². The van der Waals surface area contributed by atoms with Crippen LogP contribution in [0.15, 0.2) is 146 Å². The van der Waals surface area contributed by atoms with Gasteiger partial charge in [-0.05, 0) is 141 Å². The highest BCUT2D eigenvalue weighted by molar-refractivity contribution is 7.47. The van der Waals surface area contributed by atoms with Gasteiger partial charge in [-0.25, -0.2) is 9.13 Å². The van der Waals surface area contributed by atoms with Crippen LogP contribution in [0.5, 0.6) is 0 Å². The van der Waals surface area contributed by atoms with Crippen molar-refractivity contribution in [1.82, 2.24) is 0 Å². The Hall–Kier alpha value is -5.06. The largest absolute Gasteiger partial charge is 0.472 e. The third-order valence-electron chi connectivity index (χ3n) is 17.3. The Labute approximate surface area is 656 Å². The van der Waals surface area contributed by atoms with E-state index >= 15 is 0 Å². The number of hydrogen-bond acceptors (Lipinski definition) is 15. The van der Waals surface area contributed by atoms with Gasteiger partial charge in [0.25, 0.3) is 0 Å². The van der Waals surface area contributed by atoms with Gasteiger partial charge in [0.1, 0.15) is 19.3 Å². The molecule has 0 radical (unpaired) electrons. The number of hydrogen-bond donors (Lipinski definition) is 3. The van der Waals surface area contributed by atoms with Crippen molar-refractivity contribution in [2.45, 2.75) is 354 Å². The van der Waals surface area contributed by atoms with E-state index in [1.165, 1.54) is 51.4 Å². The molecular formula is C89H150O17P2. The molecular weight excluding hydrogens is 1400 g/mol. The standard InChI is InChI=1S/C89H150O17P2/c1-5-9-13-17-21-25-29-33-36-39-41-44-46-50-53-57-61-65-69-73-86(91)99-79-84(105-88(93)75-71-67-63-59-55-49-32-28-24-20-16-12-8-4)81-103-107(95,96)101-77-83(90)78-102-108(97,98)104-82-85(106-89(94)76-72-68-64-60-56-52-48-43-38-35-31-27-23-19-15-11-7-3)80-100-87(92)74-70-66-62-58-54-51-47-45-42-40-37-34-30-26-22-18-14-10-6-2/h9-11,13-15,21-23,25-27,33-38,41-42,44-45,48,52,83-85,90H,5-8,12,16-20,24,28-32,39-40,43,46-47,49-51,53-82H2,1-4H3,(H,95,96)(H,97,98)/b13-9-,14-10-,15-11-,25-21-,26-22-,27-23-,36-33-,37-34-,38-35-,44-41-,45-42-,52-48-. The van der Waals surface area contributed by atoms with Crippen molar-refractivity contribution in [3.8, 4) is 0 Å². The van der Waals surface area contributed by atoms with E-state index in [2.05, 4.69) is 174 Å². The Kier molecular flexibility index (Phi) is 76.3. The zero-order valence-electron chi connectivity index (χ0n) is 67.7. The van der Waals surface area contributed by atoms with Crippen LogP contribution in [0.25, 0.3) is 0 Å². The normalized spacial score (nSPS) is 14.5. The molecule has 5 unspecified atom stereocenters. The van der Waals surface area contributed by atoms with Crippen molar-refractivity contribution >= 4 is 39.5 Å². The van der Waals surface area contributed by atoms with Crippen molar-refractivity contribution in [1.29, 1.82) is 0 Å². The number of ether oxygens (including phenoxy) is 4. The Morgan fingerprint density at radius 2 is 0.481 bits per heavy atom. The van der Waals surface area contributed by atoms with Crippen LogP contribution in [0.4, 0.5) is 0 Å². The van der Waals surface area contributed by atoms with Crippen molar-refractivity contribution < 1.29 is 80.2 Å². The molecule has 0 saturated heterocycles. The zero-order valence-corrected chi connectivity index (χ0v) is 69.5. The summed E-state index contributed by atoms with van der Waals surface area (Å²) in [7, 11) is -9.98. The number of phosphoric acid groups is 2. The molecule has 5 atom stereocenters. The summed E-state index contributed by atoms with van der Waals surface area (Å²) in [4.78, 5) is 73.2. The van der Waals surface area contributed by atoms with Crippen LogP contribution in [-0.4, -0.2) is 96.7 Å². The molecule has 108 heavy (non-hydrogen) atoms. The molecule has 19 heteroatoms. The first-order chi connectivity index (χ1) is 52.7. The molecule has 0 saturated carbocycles. The van der Waals surface area contributed by atoms with Crippen molar-refractivity contribution in [2.24, 2.45) is 0 Å². The highest BCUT2D eigenvalue weighted by Crippen LogP contribution is 2.45. The second-order valence-corrected chi connectivity index (χ2v) is 30.5. The molecule has 0 aromatic heterocycles. The molecule has 0 bridgehead atoms. The lowest BCUT2D eigenvalue weighted by atomic mass is 10.0. The van der Waals surface area contributed by atoms with Crippen molar-refractivity contribution in [3.05, 3.63) is 146 Å². The molecule has 618 valence electrons. The molecule has 0 fully saturated rings. The quantitative estimate of drug-likeness (QED) is 0.0169. The summed E-state index contributed by atoms with van der Waals surface area (Å²) in [6.07, 6.45) is 92.3. The van der Waals surface area contributed by atoms with Crippen LogP contribution in [0.1, 0.15) is 336 Å². The topological polar surface area (TPSA) is 237 Å². The fraction of sp³-hybridized carbons (Fsp3) is 0.685. The molecule has 0 aliphatic rings. The molecule has 0 aliphatic carbocycles.